The number of benzene rings is 2. The number of para-hydroxylation sites is 4. The molecule has 6 nitrogen and oxygen atoms in total. The molecule has 118 valence electrons. The Bertz CT molecular complexity index is 722. The smallest absolute Gasteiger partial charge is 0.154 e. The summed E-state index contributed by atoms with van der Waals surface area (Å²) < 4.78 is 10.6. The highest BCUT2D eigenvalue weighted by atomic mass is 16.5. The van der Waals surface area contributed by atoms with Gasteiger partial charge in [0, 0.05) is 6.07 Å². The van der Waals surface area contributed by atoms with Crippen LogP contribution in [-0.4, -0.2) is 24.4 Å². The van der Waals surface area contributed by atoms with E-state index in [0.717, 1.165) is 28.7 Å². The SMILES string of the molecule is COc1ccccc1Nc1cc(Nc2ccccc2OC)[nH]n1. The van der Waals surface area contributed by atoms with Crippen LogP contribution < -0.4 is 20.1 Å². The molecule has 0 aliphatic carbocycles. The van der Waals surface area contributed by atoms with Gasteiger partial charge in [-0.1, -0.05) is 24.3 Å². The molecule has 0 bridgehead atoms. The van der Waals surface area contributed by atoms with Crippen LogP contribution in [0.5, 0.6) is 11.5 Å². The van der Waals surface area contributed by atoms with Gasteiger partial charge in [-0.15, -0.1) is 0 Å². The third-order valence-electron chi connectivity index (χ3n) is 3.32. The summed E-state index contributed by atoms with van der Waals surface area (Å²) in [4.78, 5) is 0. The van der Waals surface area contributed by atoms with Gasteiger partial charge in [0.1, 0.15) is 17.3 Å². The summed E-state index contributed by atoms with van der Waals surface area (Å²) in [5, 5.41) is 13.7. The number of anilines is 4. The minimum atomic E-state index is 0.687. The first kappa shape index (κ1) is 14.8. The first-order valence-corrected chi connectivity index (χ1v) is 7.15. The second-order valence-corrected chi connectivity index (χ2v) is 4.82. The Morgan fingerprint density at radius 1 is 0.826 bits per heavy atom. The highest BCUT2D eigenvalue weighted by Crippen LogP contribution is 2.29. The van der Waals surface area contributed by atoms with E-state index < -0.39 is 0 Å². The average molecular weight is 310 g/mol. The summed E-state index contributed by atoms with van der Waals surface area (Å²) in [6, 6.07) is 17.2. The summed E-state index contributed by atoms with van der Waals surface area (Å²) >= 11 is 0. The van der Waals surface area contributed by atoms with Gasteiger partial charge in [-0.3, -0.25) is 5.10 Å². The largest absolute Gasteiger partial charge is 0.495 e. The third kappa shape index (κ3) is 3.37. The van der Waals surface area contributed by atoms with Crippen molar-refractivity contribution in [3.63, 3.8) is 0 Å². The molecular weight excluding hydrogens is 292 g/mol. The minimum Gasteiger partial charge on any atom is -0.495 e. The topological polar surface area (TPSA) is 71.2 Å². The van der Waals surface area contributed by atoms with Crippen molar-refractivity contribution in [3.05, 3.63) is 54.6 Å². The lowest BCUT2D eigenvalue weighted by Crippen LogP contribution is -1.94. The van der Waals surface area contributed by atoms with Crippen LogP contribution in [0.15, 0.2) is 54.6 Å². The molecule has 1 heterocycles. The zero-order valence-corrected chi connectivity index (χ0v) is 13.0. The molecule has 0 saturated carbocycles. The van der Waals surface area contributed by atoms with Gasteiger partial charge in [-0.25, -0.2) is 0 Å². The molecule has 0 fully saturated rings. The number of H-pyrrole nitrogens is 1. The van der Waals surface area contributed by atoms with Crippen molar-refractivity contribution in [2.75, 3.05) is 24.9 Å². The number of ether oxygens (including phenoxy) is 2. The van der Waals surface area contributed by atoms with E-state index in [4.69, 9.17) is 9.47 Å². The maximum absolute atomic E-state index is 5.32. The van der Waals surface area contributed by atoms with Crippen LogP contribution in [0.2, 0.25) is 0 Å². The van der Waals surface area contributed by atoms with Gasteiger partial charge in [0.2, 0.25) is 0 Å². The fourth-order valence-corrected chi connectivity index (χ4v) is 2.23. The van der Waals surface area contributed by atoms with Crippen molar-refractivity contribution < 1.29 is 9.47 Å². The van der Waals surface area contributed by atoms with Gasteiger partial charge < -0.3 is 20.1 Å². The van der Waals surface area contributed by atoms with Crippen molar-refractivity contribution in [1.82, 2.24) is 10.2 Å². The maximum Gasteiger partial charge on any atom is 0.154 e. The first-order chi connectivity index (χ1) is 11.3. The van der Waals surface area contributed by atoms with Crippen molar-refractivity contribution in [2.24, 2.45) is 0 Å². The van der Waals surface area contributed by atoms with Crippen LogP contribution in [0.4, 0.5) is 23.0 Å². The molecule has 2 aromatic carbocycles. The van der Waals surface area contributed by atoms with Crippen LogP contribution >= 0.6 is 0 Å². The summed E-state index contributed by atoms with van der Waals surface area (Å²) in [5.41, 5.74) is 1.72. The van der Waals surface area contributed by atoms with E-state index in [1.807, 2.05) is 54.6 Å². The van der Waals surface area contributed by atoms with Gasteiger partial charge in [0.15, 0.2) is 5.82 Å². The molecule has 3 N–H and O–H groups in total. The Labute approximate surface area is 134 Å². The van der Waals surface area contributed by atoms with Crippen LogP contribution in [0.1, 0.15) is 0 Å². The van der Waals surface area contributed by atoms with E-state index in [1.54, 1.807) is 14.2 Å². The van der Waals surface area contributed by atoms with Gasteiger partial charge in [-0.2, -0.15) is 5.10 Å². The Morgan fingerprint density at radius 3 is 2.00 bits per heavy atom. The van der Waals surface area contributed by atoms with Gasteiger partial charge >= 0.3 is 0 Å². The number of aromatic amines is 1. The van der Waals surface area contributed by atoms with E-state index in [-0.39, 0.29) is 0 Å². The lowest BCUT2D eigenvalue weighted by molar-refractivity contribution is 0.416. The van der Waals surface area contributed by atoms with Gasteiger partial charge in [-0.05, 0) is 24.3 Å². The lowest BCUT2D eigenvalue weighted by atomic mass is 10.3. The summed E-state index contributed by atoms with van der Waals surface area (Å²) in [7, 11) is 3.28. The van der Waals surface area contributed by atoms with Crippen molar-refractivity contribution >= 4 is 23.0 Å². The summed E-state index contributed by atoms with van der Waals surface area (Å²) in [5.74, 6) is 2.97. The summed E-state index contributed by atoms with van der Waals surface area (Å²) in [6.07, 6.45) is 0. The number of nitrogens with zero attached hydrogens (tertiary/aromatic N) is 1. The molecule has 0 amide bonds. The summed E-state index contributed by atoms with van der Waals surface area (Å²) in [6.45, 7) is 0. The second kappa shape index (κ2) is 6.74. The highest BCUT2D eigenvalue weighted by molar-refractivity contribution is 5.69. The van der Waals surface area contributed by atoms with Crippen LogP contribution in [0.3, 0.4) is 0 Å². The number of methoxy groups -OCH3 is 2. The van der Waals surface area contributed by atoms with E-state index in [1.165, 1.54) is 0 Å². The number of rotatable bonds is 6. The molecule has 3 rings (SSSR count). The molecule has 0 aliphatic heterocycles. The molecule has 0 unspecified atom stereocenters. The maximum atomic E-state index is 5.32. The van der Waals surface area contributed by atoms with Crippen LogP contribution in [0.25, 0.3) is 0 Å². The molecule has 0 radical (unpaired) electrons. The predicted molar refractivity (Wildman–Crippen MR) is 91.1 cm³/mol. The first-order valence-electron chi connectivity index (χ1n) is 7.15. The number of hydrogen-bond donors (Lipinski definition) is 3. The molecule has 6 heteroatoms. The highest BCUT2D eigenvalue weighted by Gasteiger charge is 2.07. The Hall–Kier alpha value is -3.15. The fraction of sp³-hybridized carbons (Fsp3) is 0.118. The molecule has 0 saturated heterocycles. The minimum absolute atomic E-state index is 0.687. The van der Waals surface area contributed by atoms with Crippen LogP contribution in [0, 0.1) is 0 Å². The Morgan fingerprint density at radius 2 is 1.39 bits per heavy atom. The molecule has 0 atom stereocenters. The number of nitrogens with one attached hydrogen (secondary N) is 3. The van der Waals surface area contributed by atoms with E-state index in [2.05, 4.69) is 20.8 Å². The monoisotopic (exact) mass is 310 g/mol. The molecule has 0 spiro atoms. The molecule has 0 aliphatic rings. The molecular formula is C17H18N4O2. The van der Waals surface area contributed by atoms with Gasteiger partial charge in [0.05, 0.1) is 25.6 Å². The van der Waals surface area contributed by atoms with E-state index in [9.17, 15) is 0 Å². The van der Waals surface area contributed by atoms with Crippen LogP contribution in [-0.2, 0) is 0 Å². The number of hydrogen-bond acceptors (Lipinski definition) is 5. The van der Waals surface area contributed by atoms with Crippen molar-refractivity contribution in [3.8, 4) is 11.5 Å². The normalized spacial score (nSPS) is 10.2. The van der Waals surface area contributed by atoms with Crippen molar-refractivity contribution in [2.45, 2.75) is 0 Å². The lowest BCUT2D eigenvalue weighted by Gasteiger charge is -2.09. The number of aromatic nitrogens is 2. The predicted octanol–water partition coefficient (Wildman–Crippen LogP) is 3.91. The second-order valence-electron chi connectivity index (χ2n) is 4.82. The zero-order valence-electron chi connectivity index (χ0n) is 13.0. The van der Waals surface area contributed by atoms with E-state index in [0.29, 0.717) is 5.82 Å². The fourth-order valence-electron chi connectivity index (χ4n) is 2.23. The van der Waals surface area contributed by atoms with Crippen molar-refractivity contribution in [1.29, 1.82) is 0 Å². The molecule has 3 aromatic rings. The Kier molecular flexibility index (Phi) is 4.33. The molecule has 1 aromatic heterocycles. The molecule has 23 heavy (non-hydrogen) atoms. The Balaban J connectivity index is 1.76. The van der Waals surface area contributed by atoms with Gasteiger partial charge in [0.25, 0.3) is 0 Å². The standard InChI is InChI=1S/C17H18N4O2/c1-22-14-9-5-3-7-12(14)18-16-11-17(21-20-16)19-13-8-4-6-10-15(13)23-2/h3-11H,1-2H3,(H3,18,19,20,21). The third-order valence-corrected chi connectivity index (χ3v) is 3.32. The quantitative estimate of drug-likeness (QED) is 0.644. The van der Waals surface area contributed by atoms with E-state index >= 15 is 0 Å². The average Bonchev–Trinajstić information content (AvgIpc) is 3.03. The zero-order chi connectivity index (χ0) is 16.1.